The molecule has 2 aromatic carbocycles. The predicted octanol–water partition coefficient (Wildman–Crippen LogP) is 4.87. The van der Waals surface area contributed by atoms with Gasteiger partial charge in [-0.3, -0.25) is 4.79 Å². The molecule has 0 spiro atoms. The first-order valence-electron chi connectivity index (χ1n) is 7.83. The molecule has 26 heavy (non-hydrogen) atoms. The Bertz CT molecular complexity index is 968. The van der Waals surface area contributed by atoms with E-state index < -0.39 is 5.82 Å². The molecule has 0 aliphatic carbocycles. The Kier molecular flexibility index (Phi) is 4.53. The third-order valence-electron chi connectivity index (χ3n) is 3.97. The van der Waals surface area contributed by atoms with Crippen molar-refractivity contribution in [3.8, 4) is 21.9 Å². The van der Waals surface area contributed by atoms with Crippen molar-refractivity contribution in [2.45, 2.75) is 6.54 Å². The Morgan fingerprint density at radius 2 is 2.00 bits per heavy atom. The lowest BCUT2D eigenvalue weighted by Gasteiger charge is -2.07. The van der Waals surface area contributed by atoms with Gasteiger partial charge in [0, 0.05) is 22.0 Å². The number of ether oxygens (including phenoxy) is 2. The van der Waals surface area contributed by atoms with E-state index >= 15 is 0 Å². The highest BCUT2D eigenvalue weighted by molar-refractivity contribution is 7.17. The Morgan fingerprint density at radius 3 is 2.85 bits per heavy atom. The lowest BCUT2D eigenvalue weighted by molar-refractivity contribution is 0.0954. The Morgan fingerprint density at radius 1 is 1.15 bits per heavy atom. The van der Waals surface area contributed by atoms with Gasteiger partial charge in [-0.1, -0.05) is 17.7 Å². The summed E-state index contributed by atoms with van der Waals surface area (Å²) in [5, 5.41) is 3.00. The van der Waals surface area contributed by atoms with Crippen LogP contribution in [0.1, 0.15) is 15.2 Å². The summed E-state index contributed by atoms with van der Waals surface area (Å²) in [7, 11) is 0. The maximum absolute atomic E-state index is 13.8. The number of carbonyl (C=O) groups is 1. The number of carbonyl (C=O) groups excluding carboxylic acids is 1. The molecule has 1 aliphatic heterocycles. The van der Waals surface area contributed by atoms with Gasteiger partial charge in [-0.2, -0.15) is 0 Å². The van der Waals surface area contributed by atoms with Gasteiger partial charge in [-0.05, 0) is 48.0 Å². The van der Waals surface area contributed by atoms with Crippen LogP contribution in [0.5, 0.6) is 11.5 Å². The first kappa shape index (κ1) is 16.9. The minimum absolute atomic E-state index is 0.0294. The quantitative estimate of drug-likeness (QED) is 0.692. The highest BCUT2D eigenvalue weighted by Crippen LogP contribution is 2.37. The third-order valence-corrected chi connectivity index (χ3v) is 5.46. The fourth-order valence-electron chi connectivity index (χ4n) is 2.62. The summed E-state index contributed by atoms with van der Waals surface area (Å²) >= 11 is 7.33. The normalized spacial score (nSPS) is 12.2. The molecule has 1 aliphatic rings. The van der Waals surface area contributed by atoms with E-state index in [9.17, 15) is 9.18 Å². The number of hydrogen-bond donors (Lipinski definition) is 1. The van der Waals surface area contributed by atoms with Crippen molar-refractivity contribution in [3.63, 3.8) is 0 Å². The van der Waals surface area contributed by atoms with Crippen LogP contribution < -0.4 is 14.8 Å². The molecular formula is C19H13ClFNO3S. The Hall–Kier alpha value is -2.57. The van der Waals surface area contributed by atoms with Crippen molar-refractivity contribution in [2.24, 2.45) is 0 Å². The number of nitrogens with one attached hydrogen (secondary N) is 1. The van der Waals surface area contributed by atoms with Gasteiger partial charge in [0.05, 0.1) is 4.88 Å². The van der Waals surface area contributed by atoms with Crippen LogP contribution in [0, 0.1) is 5.82 Å². The number of hydrogen-bond acceptors (Lipinski definition) is 4. The molecule has 0 unspecified atom stereocenters. The van der Waals surface area contributed by atoms with E-state index in [2.05, 4.69) is 5.32 Å². The number of benzene rings is 2. The predicted molar refractivity (Wildman–Crippen MR) is 98.5 cm³/mol. The molecule has 132 valence electrons. The number of thiophene rings is 1. The summed E-state index contributed by atoms with van der Waals surface area (Å²) < 4.78 is 24.5. The summed E-state index contributed by atoms with van der Waals surface area (Å²) in [4.78, 5) is 13.8. The van der Waals surface area contributed by atoms with Crippen LogP contribution in [0.3, 0.4) is 0 Å². The van der Waals surface area contributed by atoms with Gasteiger partial charge in [-0.25, -0.2) is 4.39 Å². The molecule has 4 rings (SSSR count). The van der Waals surface area contributed by atoms with Crippen LogP contribution in [-0.2, 0) is 6.54 Å². The van der Waals surface area contributed by atoms with Gasteiger partial charge in [0.2, 0.25) is 6.79 Å². The average Bonchev–Trinajstić information content (AvgIpc) is 3.29. The van der Waals surface area contributed by atoms with E-state index in [-0.39, 0.29) is 29.8 Å². The molecule has 0 saturated carbocycles. The van der Waals surface area contributed by atoms with E-state index in [4.69, 9.17) is 21.1 Å². The fraction of sp³-hybridized carbons (Fsp3) is 0.105. The number of rotatable bonds is 4. The van der Waals surface area contributed by atoms with Crippen molar-refractivity contribution in [3.05, 3.63) is 69.8 Å². The molecule has 3 aromatic rings. The molecule has 7 heteroatoms. The van der Waals surface area contributed by atoms with E-state index in [1.54, 1.807) is 12.1 Å². The first-order valence-corrected chi connectivity index (χ1v) is 9.02. The first-order chi connectivity index (χ1) is 12.6. The standard InChI is InChI=1S/C19H13ClFNO3S/c20-13-2-1-3-14(21)12(13)9-22-19(23)18-7-6-17(26-18)11-4-5-15-16(8-11)25-10-24-15/h1-8H,9-10H2,(H,22,23). The molecule has 0 bridgehead atoms. The maximum Gasteiger partial charge on any atom is 0.261 e. The molecule has 4 nitrogen and oxygen atoms in total. The second-order valence-electron chi connectivity index (χ2n) is 5.61. The van der Waals surface area contributed by atoms with Crippen molar-refractivity contribution in [1.82, 2.24) is 5.32 Å². The second kappa shape index (κ2) is 6.97. The third kappa shape index (κ3) is 3.25. The largest absolute Gasteiger partial charge is 0.454 e. The molecular weight excluding hydrogens is 377 g/mol. The van der Waals surface area contributed by atoms with E-state index in [1.807, 2.05) is 24.3 Å². The summed E-state index contributed by atoms with van der Waals surface area (Å²) in [5.74, 6) is 0.687. The zero-order valence-corrected chi connectivity index (χ0v) is 15.0. The number of fused-ring (bicyclic) bond motifs is 1. The highest BCUT2D eigenvalue weighted by atomic mass is 35.5. The molecule has 0 fully saturated rings. The molecule has 0 atom stereocenters. The Labute approximate surface area is 158 Å². The van der Waals surface area contributed by atoms with Crippen LogP contribution in [0.15, 0.2) is 48.5 Å². The van der Waals surface area contributed by atoms with Gasteiger partial charge < -0.3 is 14.8 Å². The molecule has 1 aromatic heterocycles. The van der Waals surface area contributed by atoms with Gasteiger partial charge in [-0.15, -0.1) is 11.3 Å². The van der Waals surface area contributed by atoms with Crippen molar-refractivity contribution >= 4 is 28.8 Å². The van der Waals surface area contributed by atoms with E-state index in [0.29, 0.717) is 16.4 Å². The summed E-state index contributed by atoms with van der Waals surface area (Å²) in [6.07, 6.45) is 0. The monoisotopic (exact) mass is 389 g/mol. The smallest absolute Gasteiger partial charge is 0.261 e. The zero-order valence-electron chi connectivity index (χ0n) is 13.4. The van der Waals surface area contributed by atoms with Crippen LogP contribution >= 0.6 is 22.9 Å². The lowest BCUT2D eigenvalue weighted by Crippen LogP contribution is -2.22. The van der Waals surface area contributed by atoms with Crippen LogP contribution in [0.25, 0.3) is 10.4 Å². The highest BCUT2D eigenvalue weighted by Gasteiger charge is 2.16. The minimum atomic E-state index is -0.440. The SMILES string of the molecule is O=C(NCc1c(F)cccc1Cl)c1ccc(-c2ccc3c(c2)OCO3)s1. The topological polar surface area (TPSA) is 47.6 Å². The second-order valence-corrected chi connectivity index (χ2v) is 7.11. The minimum Gasteiger partial charge on any atom is -0.454 e. The van der Waals surface area contributed by atoms with Crippen LogP contribution in [0.4, 0.5) is 4.39 Å². The van der Waals surface area contributed by atoms with E-state index in [0.717, 1.165) is 10.4 Å². The van der Waals surface area contributed by atoms with Gasteiger partial charge >= 0.3 is 0 Å². The van der Waals surface area contributed by atoms with Gasteiger partial charge in [0.1, 0.15) is 5.82 Å². The molecule has 1 amide bonds. The van der Waals surface area contributed by atoms with Crippen molar-refractivity contribution in [2.75, 3.05) is 6.79 Å². The lowest BCUT2D eigenvalue weighted by atomic mass is 10.1. The van der Waals surface area contributed by atoms with E-state index in [1.165, 1.54) is 23.5 Å². The van der Waals surface area contributed by atoms with Crippen molar-refractivity contribution < 1.29 is 18.7 Å². The Balaban J connectivity index is 1.48. The van der Waals surface area contributed by atoms with Crippen LogP contribution in [0.2, 0.25) is 5.02 Å². The average molecular weight is 390 g/mol. The maximum atomic E-state index is 13.8. The van der Waals surface area contributed by atoms with Crippen LogP contribution in [-0.4, -0.2) is 12.7 Å². The summed E-state index contributed by atoms with van der Waals surface area (Å²) in [6.45, 7) is 0.247. The van der Waals surface area contributed by atoms with Gasteiger partial charge in [0.25, 0.3) is 5.91 Å². The van der Waals surface area contributed by atoms with Gasteiger partial charge in [0.15, 0.2) is 11.5 Å². The molecule has 1 N–H and O–H groups in total. The summed E-state index contributed by atoms with van der Waals surface area (Å²) in [5.41, 5.74) is 1.21. The number of halogens is 2. The molecule has 2 heterocycles. The zero-order chi connectivity index (χ0) is 18.1. The molecule has 0 radical (unpaired) electrons. The fourth-order valence-corrected chi connectivity index (χ4v) is 3.77. The molecule has 0 saturated heterocycles. The summed E-state index contributed by atoms with van der Waals surface area (Å²) in [6, 6.07) is 13.7. The van der Waals surface area contributed by atoms with Crippen molar-refractivity contribution in [1.29, 1.82) is 0 Å². The number of amides is 1.